The molecule has 0 saturated heterocycles. The lowest BCUT2D eigenvalue weighted by molar-refractivity contribution is -0.129. The summed E-state index contributed by atoms with van der Waals surface area (Å²) in [6, 6.07) is 6.83. The summed E-state index contributed by atoms with van der Waals surface area (Å²) in [4.78, 5) is 18.3. The summed E-state index contributed by atoms with van der Waals surface area (Å²) >= 11 is 0. The summed E-state index contributed by atoms with van der Waals surface area (Å²) in [5.41, 5.74) is 0.629. The molecule has 0 atom stereocenters. The fourth-order valence-corrected chi connectivity index (χ4v) is 3.85. The molecule has 7 nitrogen and oxygen atoms in total. The van der Waals surface area contributed by atoms with Crippen molar-refractivity contribution in [1.82, 2.24) is 14.9 Å². The average molecular weight is 403 g/mol. The zero-order valence-corrected chi connectivity index (χ0v) is 16.8. The molecular weight excluding hydrogens is 376 g/mol. The maximum atomic E-state index is 12.0. The van der Waals surface area contributed by atoms with Crippen LogP contribution in [-0.4, -0.2) is 58.8 Å². The summed E-state index contributed by atoms with van der Waals surface area (Å²) in [5.74, 6) is 0.567. The number of nitrogens with zero attached hydrogens (tertiary/aromatic N) is 2. The Bertz CT molecular complexity index is 737. The van der Waals surface area contributed by atoms with Crippen LogP contribution in [0.1, 0.15) is 31.2 Å². The minimum absolute atomic E-state index is 0. The van der Waals surface area contributed by atoms with Gasteiger partial charge in [0.2, 0.25) is 5.91 Å². The van der Waals surface area contributed by atoms with Crippen LogP contribution in [0.15, 0.2) is 34.2 Å². The van der Waals surface area contributed by atoms with E-state index in [2.05, 4.69) is 15.0 Å². The highest BCUT2D eigenvalue weighted by molar-refractivity contribution is 7.90. The van der Waals surface area contributed by atoms with Gasteiger partial charge in [-0.2, -0.15) is 0 Å². The highest BCUT2D eigenvalue weighted by Gasteiger charge is 2.29. The molecule has 0 bridgehead atoms. The van der Waals surface area contributed by atoms with Gasteiger partial charge in [-0.25, -0.2) is 8.42 Å². The van der Waals surface area contributed by atoms with Crippen molar-refractivity contribution in [2.75, 3.05) is 33.7 Å². The molecule has 0 unspecified atom stereocenters. The van der Waals surface area contributed by atoms with Crippen LogP contribution in [0.25, 0.3) is 0 Å². The van der Waals surface area contributed by atoms with E-state index in [-0.39, 0.29) is 23.2 Å². The minimum Gasteiger partial charge on any atom is -0.344 e. The topological polar surface area (TPSA) is 90.9 Å². The van der Waals surface area contributed by atoms with Crippen LogP contribution in [-0.2, 0) is 14.8 Å². The van der Waals surface area contributed by atoms with E-state index in [0.29, 0.717) is 30.9 Å². The summed E-state index contributed by atoms with van der Waals surface area (Å²) in [7, 11) is 0.212. The van der Waals surface area contributed by atoms with Crippen LogP contribution in [0, 0.1) is 0 Å². The maximum absolute atomic E-state index is 12.0. The molecule has 0 aliphatic carbocycles. The van der Waals surface area contributed by atoms with Gasteiger partial charge >= 0.3 is 0 Å². The second-order valence-electron chi connectivity index (χ2n) is 6.06. The van der Waals surface area contributed by atoms with E-state index in [1.165, 1.54) is 0 Å². The van der Waals surface area contributed by atoms with Crippen molar-refractivity contribution in [3.05, 3.63) is 29.8 Å². The summed E-state index contributed by atoms with van der Waals surface area (Å²) in [5, 5.41) is 3.02. The quantitative estimate of drug-likeness (QED) is 0.610. The molecule has 1 aromatic carbocycles. The van der Waals surface area contributed by atoms with Crippen LogP contribution >= 0.6 is 12.4 Å². The van der Waals surface area contributed by atoms with Crippen molar-refractivity contribution in [1.29, 1.82) is 0 Å². The number of aliphatic imine (C=N–C) groups is 1. The van der Waals surface area contributed by atoms with Gasteiger partial charge in [0.05, 0.1) is 4.90 Å². The third-order valence-corrected chi connectivity index (χ3v) is 5.50. The Morgan fingerprint density at radius 2 is 1.96 bits per heavy atom. The Hall–Kier alpha value is -1.64. The number of amidine groups is 1. The largest absolute Gasteiger partial charge is 0.344 e. The predicted molar refractivity (Wildman–Crippen MR) is 105 cm³/mol. The number of amides is 1. The molecule has 0 radical (unpaired) electrons. The number of nitrogens with one attached hydrogen (secondary N) is 2. The summed E-state index contributed by atoms with van der Waals surface area (Å²) in [6.45, 7) is 2.04. The first-order valence-corrected chi connectivity index (χ1v) is 9.99. The molecule has 146 valence electrons. The van der Waals surface area contributed by atoms with E-state index in [1.807, 2.05) is 14.1 Å². The number of unbranched alkanes of at least 4 members (excludes halogenated alkanes) is 2. The van der Waals surface area contributed by atoms with Gasteiger partial charge in [-0.3, -0.25) is 14.5 Å². The lowest BCUT2D eigenvalue weighted by Gasteiger charge is -2.16. The third kappa shape index (κ3) is 5.96. The van der Waals surface area contributed by atoms with Crippen LogP contribution in [0.4, 0.5) is 0 Å². The Morgan fingerprint density at radius 3 is 2.69 bits per heavy atom. The molecule has 1 aliphatic rings. The van der Waals surface area contributed by atoms with E-state index < -0.39 is 10.0 Å². The monoisotopic (exact) mass is 402 g/mol. The molecule has 1 aliphatic heterocycles. The number of hydrogen-bond donors (Lipinski definition) is 2. The molecule has 2 N–H and O–H groups in total. The molecule has 9 heteroatoms. The van der Waals surface area contributed by atoms with Gasteiger partial charge in [-0.1, -0.05) is 18.6 Å². The first kappa shape index (κ1) is 22.4. The van der Waals surface area contributed by atoms with Crippen molar-refractivity contribution in [2.45, 2.75) is 30.6 Å². The van der Waals surface area contributed by atoms with Gasteiger partial charge < -0.3 is 10.2 Å². The van der Waals surface area contributed by atoms with Gasteiger partial charge in [0.15, 0.2) is 0 Å². The fraction of sp³-hybridized carbons (Fsp3) is 0.529. The molecule has 0 spiro atoms. The second-order valence-corrected chi connectivity index (χ2v) is 7.71. The third-order valence-electron chi connectivity index (χ3n) is 4.10. The highest BCUT2D eigenvalue weighted by Crippen LogP contribution is 2.22. The fourth-order valence-electron chi connectivity index (χ4n) is 2.60. The minimum atomic E-state index is -3.47. The first-order valence-electron chi connectivity index (χ1n) is 8.51. The molecule has 0 aromatic heterocycles. The summed E-state index contributed by atoms with van der Waals surface area (Å²) in [6.07, 6.45) is 3.06. The average Bonchev–Trinajstić information content (AvgIpc) is 2.86. The zero-order valence-electron chi connectivity index (χ0n) is 15.2. The number of carbonyl (C=O) groups is 1. The zero-order chi connectivity index (χ0) is 18.3. The van der Waals surface area contributed by atoms with Crippen molar-refractivity contribution in [3.8, 4) is 0 Å². The smallest absolute Gasteiger partial charge is 0.263 e. The Balaban J connectivity index is 0.00000338. The molecule has 26 heavy (non-hydrogen) atoms. The van der Waals surface area contributed by atoms with Crippen molar-refractivity contribution < 1.29 is 13.2 Å². The van der Waals surface area contributed by atoms with E-state index >= 15 is 0 Å². The number of sulfonamides is 1. The molecule has 1 heterocycles. The molecule has 1 aromatic rings. The predicted octanol–water partition coefficient (Wildman–Crippen LogP) is 1.39. The van der Waals surface area contributed by atoms with Gasteiger partial charge in [-0.05, 0) is 32.0 Å². The van der Waals surface area contributed by atoms with E-state index in [4.69, 9.17) is 0 Å². The number of rotatable bonds is 9. The lowest BCUT2D eigenvalue weighted by atomic mass is 10.1. The van der Waals surface area contributed by atoms with Crippen molar-refractivity contribution >= 4 is 34.2 Å². The number of likely N-dealkylation sites (N-methyl/N-ethyl adjacent to an activating group) is 2. The number of benzene rings is 1. The van der Waals surface area contributed by atoms with E-state index in [9.17, 15) is 13.2 Å². The van der Waals surface area contributed by atoms with Crippen LogP contribution < -0.4 is 10.0 Å². The lowest BCUT2D eigenvalue weighted by Crippen LogP contribution is -2.32. The van der Waals surface area contributed by atoms with Gasteiger partial charge in [-0.15, -0.1) is 12.4 Å². The standard InChI is InChI=1S/C17H26N4O3S.ClH/c1-18-12-13-21(2)16(22)10-4-3-7-11-19-17-14-8-5-6-9-15(14)25(23,24)20-17;/h5-6,8-9,18H,3-4,7,10-13H2,1-2H3,(H,19,20);1H. The van der Waals surface area contributed by atoms with Crippen LogP contribution in [0.5, 0.6) is 0 Å². The number of carbonyl (C=O) groups excluding carboxylic acids is 1. The number of fused-ring (bicyclic) bond motifs is 1. The molecule has 0 fully saturated rings. The van der Waals surface area contributed by atoms with Gasteiger partial charge in [0.25, 0.3) is 10.0 Å². The Morgan fingerprint density at radius 1 is 1.23 bits per heavy atom. The molecule has 1 amide bonds. The van der Waals surface area contributed by atoms with Crippen LogP contribution in [0.2, 0.25) is 0 Å². The molecule has 2 rings (SSSR count). The van der Waals surface area contributed by atoms with E-state index in [0.717, 1.165) is 25.8 Å². The molecule has 0 saturated carbocycles. The second kappa shape index (κ2) is 10.5. The number of halogens is 1. The van der Waals surface area contributed by atoms with Crippen molar-refractivity contribution in [3.63, 3.8) is 0 Å². The Labute approximate surface area is 161 Å². The molecular formula is C17H27ClN4O3S. The van der Waals surface area contributed by atoms with Crippen molar-refractivity contribution in [2.24, 2.45) is 4.99 Å². The Kier molecular flexibility index (Phi) is 9.04. The van der Waals surface area contributed by atoms with Gasteiger partial charge in [0, 0.05) is 38.7 Å². The normalized spacial score (nSPS) is 15.8. The first-order chi connectivity index (χ1) is 12.0. The highest BCUT2D eigenvalue weighted by atomic mass is 35.5. The van der Waals surface area contributed by atoms with E-state index in [1.54, 1.807) is 29.2 Å². The van der Waals surface area contributed by atoms with Crippen LogP contribution in [0.3, 0.4) is 0 Å². The number of hydrogen-bond acceptors (Lipinski definition) is 5. The SMILES string of the molecule is CNCCN(C)C(=O)CCCCCN=C1NS(=O)(=O)c2ccccc21.Cl. The van der Waals surface area contributed by atoms with Gasteiger partial charge in [0.1, 0.15) is 5.84 Å². The maximum Gasteiger partial charge on any atom is 0.263 e. The summed E-state index contributed by atoms with van der Waals surface area (Å²) < 4.78 is 26.4.